The van der Waals surface area contributed by atoms with E-state index >= 15 is 0 Å². The topological polar surface area (TPSA) is 47.3 Å². The first kappa shape index (κ1) is 11.4. The van der Waals surface area contributed by atoms with Crippen molar-refractivity contribution >= 4 is 5.91 Å². The highest BCUT2D eigenvalue weighted by atomic mass is 16.2. The fourth-order valence-corrected chi connectivity index (χ4v) is 2.64. The molecule has 2 rings (SSSR count). The number of carbonyl (C=O) groups is 1. The number of carbonyl (C=O) groups excluding carboxylic acids is 1. The van der Waals surface area contributed by atoms with Gasteiger partial charge in [0, 0.05) is 19.6 Å². The summed E-state index contributed by atoms with van der Waals surface area (Å²) in [6.45, 7) is 1.98. The number of amides is 1. The van der Waals surface area contributed by atoms with E-state index in [0.29, 0.717) is 6.04 Å². The van der Waals surface area contributed by atoms with E-state index < -0.39 is 5.41 Å². The van der Waals surface area contributed by atoms with E-state index in [1.165, 1.54) is 0 Å². The smallest absolute Gasteiger partial charge is 0.243 e. The molecule has 1 saturated carbocycles. The summed E-state index contributed by atoms with van der Waals surface area (Å²) in [7, 11) is 3.92. The van der Waals surface area contributed by atoms with Crippen LogP contribution in [-0.2, 0) is 4.79 Å². The number of nitrogens with zero attached hydrogens (tertiary/aromatic N) is 3. The Morgan fingerprint density at radius 3 is 2.62 bits per heavy atom. The maximum absolute atomic E-state index is 12.3. The highest BCUT2D eigenvalue weighted by Crippen LogP contribution is 2.42. The third kappa shape index (κ3) is 1.69. The minimum atomic E-state index is -0.685. The van der Waals surface area contributed by atoms with Gasteiger partial charge in [-0.25, -0.2) is 0 Å². The van der Waals surface area contributed by atoms with Gasteiger partial charge < -0.3 is 9.80 Å². The molecule has 0 spiro atoms. The lowest BCUT2D eigenvalue weighted by atomic mass is 9.69. The van der Waals surface area contributed by atoms with Gasteiger partial charge in [0.05, 0.1) is 6.07 Å². The van der Waals surface area contributed by atoms with Gasteiger partial charge in [0.1, 0.15) is 5.41 Å². The maximum Gasteiger partial charge on any atom is 0.243 e. The molecule has 88 valence electrons. The van der Waals surface area contributed by atoms with E-state index in [4.69, 9.17) is 5.26 Å². The predicted octanol–water partition coefficient (Wildman–Crippen LogP) is 0.843. The number of rotatable bonds is 2. The Morgan fingerprint density at radius 2 is 2.25 bits per heavy atom. The number of hydrogen-bond donors (Lipinski definition) is 0. The Morgan fingerprint density at radius 1 is 1.56 bits per heavy atom. The lowest BCUT2D eigenvalue weighted by Crippen LogP contribution is -2.49. The van der Waals surface area contributed by atoms with Gasteiger partial charge >= 0.3 is 0 Å². The number of likely N-dealkylation sites (tertiary alicyclic amines) is 1. The van der Waals surface area contributed by atoms with Crippen LogP contribution >= 0.6 is 0 Å². The Hall–Kier alpha value is -1.08. The highest BCUT2D eigenvalue weighted by molar-refractivity contribution is 5.86. The van der Waals surface area contributed by atoms with Crippen LogP contribution in [-0.4, -0.2) is 48.9 Å². The average Bonchev–Trinajstić information content (AvgIpc) is 2.63. The molecule has 4 nitrogen and oxygen atoms in total. The number of hydrogen-bond acceptors (Lipinski definition) is 3. The molecule has 0 aromatic heterocycles. The van der Waals surface area contributed by atoms with E-state index in [-0.39, 0.29) is 5.91 Å². The van der Waals surface area contributed by atoms with Gasteiger partial charge in [0.15, 0.2) is 0 Å². The Balaban J connectivity index is 2.02. The summed E-state index contributed by atoms with van der Waals surface area (Å²) in [5.74, 6) is 0.0431. The average molecular weight is 221 g/mol. The Labute approximate surface area is 96.8 Å². The van der Waals surface area contributed by atoms with Gasteiger partial charge in [0.2, 0.25) is 5.91 Å². The standard InChI is InChI=1S/C12H19N3O/c1-14-7-4-10(8-14)15(2)11(16)12(9-13)5-3-6-12/h10H,3-8H2,1-2H3. The van der Waals surface area contributed by atoms with Crippen LogP contribution in [0.5, 0.6) is 0 Å². The molecular formula is C12H19N3O. The van der Waals surface area contributed by atoms with E-state index in [1.54, 1.807) is 0 Å². The van der Waals surface area contributed by atoms with Crippen molar-refractivity contribution in [2.75, 3.05) is 27.2 Å². The Bertz CT molecular complexity index is 330. The molecule has 0 radical (unpaired) electrons. The highest BCUT2D eigenvalue weighted by Gasteiger charge is 2.47. The van der Waals surface area contributed by atoms with Crippen molar-refractivity contribution in [2.45, 2.75) is 31.7 Å². The second kappa shape index (κ2) is 4.06. The van der Waals surface area contributed by atoms with Crippen LogP contribution in [0.1, 0.15) is 25.7 Å². The molecule has 2 aliphatic rings. The maximum atomic E-state index is 12.3. The zero-order valence-corrected chi connectivity index (χ0v) is 10.1. The second-order valence-corrected chi connectivity index (χ2v) is 5.17. The van der Waals surface area contributed by atoms with Crippen molar-refractivity contribution in [3.63, 3.8) is 0 Å². The van der Waals surface area contributed by atoms with Crippen LogP contribution in [0.25, 0.3) is 0 Å². The summed E-state index contributed by atoms with van der Waals surface area (Å²) >= 11 is 0. The van der Waals surface area contributed by atoms with Crippen molar-refractivity contribution in [1.82, 2.24) is 9.80 Å². The van der Waals surface area contributed by atoms with Gasteiger partial charge in [-0.15, -0.1) is 0 Å². The van der Waals surface area contributed by atoms with Gasteiger partial charge in [-0.3, -0.25) is 4.79 Å². The first-order valence-corrected chi connectivity index (χ1v) is 5.96. The number of nitriles is 1. The van der Waals surface area contributed by atoms with Crippen LogP contribution in [0.2, 0.25) is 0 Å². The van der Waals surface area contributed by atoms with Crippen molar-refractivity contribution < 1.29 is 4.79 Å². The van der Waals surface area contributed by atoms with Crippen molar-refractivity contribution in [1.29, 1.82) is 5.26 Å². The lowest BCUT2D eigenvalue weighted by Gasteiger charge is -2.38. The quantitative estimate of drug-likeness (QED) is 0.694. The molecule has 1 unspecified atom stereocenters. The van der Waals surface area contributed by atoms with Crippen LogP contribution < -0.4 is 0 Å². The first-order chi connectivity index (χ1) is 7.59. The van der Waals surface area contributed by atoms with E-state index in [9.17, 15) is 4.79 Å². The molecule has 0 bridgehead atoms. The molecule has 1 aliphatic carbocycles. The fraction of sp³-hybridized carbons (Fsp3) is 0.833. The molecule has 4 heteroatoms. The summed E-state index contributed by atoms with van der Waals surface area (Å²) < 4.78 is 0. The summed E-state index contributed by atoms with van der Waals surface area (Å²) in [6, 6.07) is 2.52. The fourth-order valence-electron chi connectivity index (χ4n) is 2.64. The molecule has 1 heterocycles. The second-order valence-electron chi connectivity index (χ2n) is 5.17. The van der Waals surface area contributed by atoms with E-state index in [0.717, 1.165) is 38.8 Å². The minimum Gasteiger partial charge on any atom is -0.340 e. The Kier molecular flexibility index (Phi) is 2.90. The third-order valence-electron chi connectivity index (χ3n) is 4.07. The molecule has 1 saturated heterocycles. The van der Waals surface area contributed by atoms with Crippen molar-refractivity contribution in [3.05, 3.63) is 0 Å². The third-order valence-corrected chi connectivity index (χ3v) is 4.07. The zero-order valence-electron chi connectivity index (χ0n) is 10.1. The van der Waals surface area contributed by atoms with E-state index in [1.807, 2.05) is 11.9 Å². The largest absolute Gasteiger partial charge is 0.340 e. The zero-order chi connectivity index (χ0) is 11.8. The first-order valence-electron chi connectivity index (χ1n) is 5.96. The minimum absolute atomic E-state index is 0.0431. The van der Waals surface area contributed by atoms with Crippen LogP contribution in [0, 0.1) is 16.7 Å². The summed E-state index contributed by atoms with van der Waals surface area (Å²) in [5.41, 5.74) is -0.685. The summed E-state index contributed by atoms with van der Waals surface area (Å²) in [4.78, 5) is 16.3. The molecule has 1 amide bonds. The van der Waals surface area contributed by atoms with Crippen molar-refractivity contribution in [3.8, 4) is 6.07 Å². The van der Waals surface area contributed by atoms with Crippen LogP contribution in [0.3, 0.4) is 0 Å². The van der Waals surface area contributed by atoms with Crippen LogP contribution in [0.4, 0.5) is 0 Å². The molecule has 0 aromatic carbocycles. The lowest BCUT2D eigenvalue weighted by molar-refractivity contribution is -0.143. The van der Waals surface area contributed by atoms with Gasteiger partial charge in [0.25, 0.3) is 0 Å². The molecule has 0 aromatic rings. The number of likely N-dealkylation sites (N-methyl/N-ethyl adjacent to an activating group) is 2. The van der Waals surface area contributed by atoms with Gasteiger partial charge in [-0.1, -0.05) is 0 Å². The van der Waals surface area contributed by atoms with Gasteiger partial charge in [-0.2, -0.15) is 5.26 Å². The SMILES string of the molecule is CN1CCC(N(C)C(=O)C2(C#N)CCC2)C1. The van der Waals surface area contributed by atoms with E-state index in [2.05, 4.69) is 18.0 Å². The molecule has 1 atom stereocenters. The predicted molar refractivity (Wildman–Crippen MR) is 60.6 cm³/mol. The summed E-state index contributed by atoms with van der Waals surface area (Å²) in [5, 5.41) is 9.14. The van der Waals surface area contributed by atoms with Crippen molar-refractivity contribution in [2.24, 2.45) is 5.41 Å². The van der Waals surface area contributed by atoms with Crippen LogP contribution in [0.15, 0.2) is 0 Å². The molecule has 1 aliphatic heterocycles. The molecular weight excluding hydrogens is 202 g/mol. The molecule has 0 N–H and O–H groups in total. The molecule has 2 fully saturated rings. The molecule has 16 heavy (non-hydrogen) atoms. The summed E-state index contributed by atoms with van der Waals surface area (Å²) in [6.07, 6.45) is 3.53. The normalized spacial score (nSPS) is 28.2. The monoisotopic (exact) mass is 221 g/mol. The van der Waals surface area contributed by atoms with Gasteiger partial charge in [-0.05, 0) is 39.3 Å².